The maximum absolute atomic E-state index is 12.7. The van der Waals surface area contributed by atoms with Crippen LogP contribution in [0.2, 0.25) is 0 Å². The van der Waals surface area contributed by atoms with Crippen molar-refractivity contribution in [3.8, 4) is 0 Å². The fraction of sp³-hybridized carbons (Fsp3) is 0.789. The SMILES string of the molecule is C=CC(=O)N[C@@H](CC(C)C)C(=O)N[C@@H]1CC(C)CC[C@H]1C(C)C. The molecule has 0 heterocycles. The van der Waals surface area contributed by atoms with Gasteiger partial charge in [-0.05, 0) is 49.0 Å². The van der Waals surface area contributed by atoms with Crippen LogP contribution in [-0.4, -0.2) is 23.9 Å². The lowest BCUT2D eigenvalue weighted by Gasteiger charge is -2.38. The van der Waals surface area contributed by atoms with E-state index in [2.05, 4.69) is 51.8 Å². The summed E-state index contributed by atoms with van der Waals surface area (Å²) in [6, 6.07) is -0.271. The lowest BCUT2D eigenvalue weighted by molar-refractivity contribution is -0.128. The van der Waals surface area contributed by atoms with Crippen LogP contribution in [0, 0.1) is 23.7 Å². The average molecular weight is 322 g/mol. The van der Waals surface area contributed by atoms with Gasteiger partial charge in [-0.2, -0.15) is 0 Å². The largest absolute Gasteiger partial charge is 0.351 e. The molecule has 0 aromatic carbocycles. The zero-order chi connectivity index (χ0) is 17.6. The second-order valence-corrected chi connectivity index (χ2v) is 7.84. The van der Waals surface area contributed by atoms with Gasteiger partial charge >= 0.3 is 0 Å². The average Bonchev–Trinajstić information content (AvgIpc) is 2.45. The second kappa shape index (κ2) is 9.09. The summed E-state index contributed by atoms with van der Waals surface area (Å²) >= 11 is 0. The van der Waals surface area contributed by atoms with E-state index in [9.17, 15) is 9.59 Å². The minimum Gasteiger partial charge on any atom is -0.351 e. The lowest BCUT2D eigenvalue weighted by Crippen LogP contribution is -2.53. The zero-order valence-electron chi connectivity index (χ0n) is 15.4. The van der Waals surface area contributed by atoms with E-state index in [-0.39, 0.29) is 17.9 Å². The number of hydrogen-bond acceptors (Lipinski definition) is 2. The number of carbonyl (C=O) groups is 2. The van der Waals surface area contributed by atoms with E-state index < -0.39 is 6.04 Å². The van der Waals surface area contributed by atoms with Crippen LogP contribution in [-0.2, 0) is 9.59 Å². The molecule has 132 valence electrons. The molecule has 0 aromatic heterocycles. The molecule has 4 nitrogen and oxygen atoms in total. The summed E-state index contributed by atoms with van der Waals surface area (Å²) in [5.41, 5.74) is 0. The Kier molecular flexibility index (Phi) is 7.80. The van der Waals surface area contributed by atoms with Crippen LogP contribution < -0.4 is 10.6 Å². The minimum atomic E-state index is -0.481. The maximum atomic E-state index is 12.7. The van der Waals surface area contributed by atoms with Crippen molar-refractivity contribution in [1.29, 1.82) is 0 Å². The molecule has 1 aliphatic rings. The molecule has 1 saturated carbocycles. The Hall–Kier alpha value is -1.32. The Balaban J connectivity index is 2.77. The van der Waals surface area contributed by atoms with Crippen LogP contribution in [0.3, 0.4) is 0 Å². The summed E-state index contributed by atoms with van der Waals surface area (Å²) in [5, 5.41) is 6.00. The summed E-state index contributed by atoms with van der Waals surface area (Å²) in [6.45, 7) is 14.3. The summed E-state index contributed by atoms with van der Waals surface area (Å²) < 4.78 is 0. The lowest BCUT2D eigenvalue weighted by atomic mass is 9.74. The molecule has 1 unspecified atom stereocenters. The van der Waals surface area contributed by atoms with Gasteiger partial charge in [-0.25, -0.2) is 0 Å². The van der Waals surface area contributed by atoms with Crippen LogP contribution in [0.1, 0.15) is 60.3 Å². The van der Waals surface area contributed by atoms with Gasteiger partial charge in [-0.3, -0.25) is 9.59 Å². The Morgan fingerprint density at radius 2 is 1.87 bits per heavy atom. The third kappa shape index (κ3) is 6.36. The van der Waals surface area contributed by atoms with Gasteiger partial charge in [0, 0.05) is 6.04 Å². The highest BCUT2D eigenvalue weighted by molar-refractivity contribution is 5.92. The van der Waals surface area contributed by atoms with E-state index in [0.29, 0.717) is 30.1 Å². The molecule has 0 radical (unpaired) electrons. The Morgan fingerprint density at radius 3 is 2.39 bits per heavy atom. The molecule has 1 fully saturated rings. The predicted octanol–water partition coefficient (Wildman–Crippen LogP) is 3.28. The van der Waals surface area contributed by atoms with Crippen molar-refractivity contribution in [2.45, 2.75) is 72.4 Å². The highest BCUT2D eigenvalue weighted by atomic mass is 16.2. The molecule has 4 heteroatoms. The molecular weight excluding hydrogens is 288 g/mol. The maximum Gasteiger partial charge on any atom is 0.244 e. The van der Waals surface area contributed by atoms with Crippen LogP contribution in [0.25, 0.3) is 0 Å². The van der Waals surface area contributed by atoms with Crippen molar-refractivity contribution in [2.24, 2.45) is 23.7 Å². The number of carbonyl (C=O) groups excluding carboxylic acids is 2. The predicted molar refractivity (Wildman–Crippen MR) is 94.9 cm³/mol. The molecule has 0 aliphatic heterocycles. The normalized spacial score (nSPS) is 26.0. The fourth-order valence-electron chi connectivity index (χ4n) is 3.59. The van der Waals surface area contributed by atoms with Crippen molar-refractivity contribution < 1.29 is 9.59 Å². The van der Waals surface area contributed by atoms with Crippen molar-refractivity contribution in [2.75, 3.05) is 0 Å². The minimum absolute atomic E-state index is 0.0568. The number of nitrogens with one attached hydrogen (secondary N) is 2. The summed E-state index contributed by atoms with van der Waals surface area (Å²) in [6.07, 6.45) is 5.29. The van der Waals surface area contributed by atoms with E-state index in [1.54, 1.807) is 0 Å². The molecule has 1 aliphatic carbocycles. The molecular formula is C19H34N2O2. The number of hydrogen-bond donors (Lipinski definition) is 2. The first-order valence-corrected chi connectivity index (χ1v) is 8.97. The van der Waals surface area contributed by atoms with E-state index in [4.69, 9.17) is 0 Å². The summed E-state index contributed by atoms with van der Waals surface area (Å²) in [5.74, 6) is 1.70. The first-order valence-electron chi connectivity index (χ1n) is 8.97. The standard InChI is InChI=1S/C19H34N2O2/c1-7-18(22)20-17(10-12(2)3)19(23)21-16-11-14(6)8-9-15(16)13(4)5/h7,12-17H,1,8-11H2,2-6H3,(H,20,22)(H,21,23)/t14?,15-,16+,17-/m0/s1. The van der Waals surface area contributed by atoms with Gasteiger partial charge in [-0.1, -0.05) is 47.6 Å². The van der Waals surface area contributed by atoms with Crippen LogP contribution >= 0.6 is 0 Å². The van der Waals surface area contributed by atoms with E-state index in [1.165, 1.54) is 12.5 Å². The quantitative estimate of drug-likeness (QED) is 0.707. The van der Waals surface area contributed by atoms with Gasteiger partial charge in [0.05, 0.1) is 0 Å². The van der Waals surface area contributed by atoms with Gasteiger partial charge in [0.2, 0.25) is 11.8 Å². The van der Waals surface area contributed by atoms with E-state index in [1.807, 2.05) is 0 Å². The van der Waals surface area contributed by atoms with Gasteiger partial charge in [0.15, 0.2) is 0 Å². The van der Waals surface area contributed by atoms with Crippen LogP contribution in [0.5, 0.6) is 0 Å². The first kappa shape index (κ1) is 19.7. The molecule has 0 spiro atoms. The second-order valence-electron chi connectivity index (χ2n) is 7.84. The molecule has 0 aromatic rings. The third-order valence-corrected chi connectivity index (χ3v) is 4.88. The number of rotatable bonds is 7. The smallest absolute Gasteiger partial charge is 0.244 e. The molecule has 0 bridgehead atoms. The van der Waals surface area contributed by atoms with Gasteiger partial charge in [0.1, 0.15) is 6.04 Å². The monoisotopic (exact) mass is 322 g/mol. The molecule has 4 atom stereocenters. The summed E-state index contributed by atoms with van der Waals surface area (Å²) in [4.78, 5) is 24.3. The van der Waals surface area contributed by atoms with Crippen molar-refractivity contribution in [3.05, 3.63) is 12.7 Å². The molecule has 2 N–H and O–H groups in total. The fourth-order valence-corrected chi connectivity index (χ4v) is 3.59. The highest BCUT2D eigenvalue weighted by Gasteiger charge is 2.33. The molecule has 0 saturated heterocycles. The Bertz CT molecular complexity index is 418. The third-order valence-electron chi connectivity index (χ3n) is 4.88. The van der Waals surface area contributed by atoms with Gasteiger partial charge in [-0.15, -0.1) is 0 Å². The van der Waals surface area contributed by atoms with Crippen molar-refractivity contribution in [1.82, 2.24) is 10.6 Å². The topological polar surface area (TPSA) is 58.2 Å². The van der Waals surface area contributed by atoms with Gasteiger partial charge < -0.3 is 10.6 Å². The Morgan fingerprint density at radius 1 is 1.22 bits per heavy atom. The number of amides is 2. The van der Waals surface area contributed by atoms with Crippen molar-refractivity contribution in [3.63, 3.8) is 0 Å². The Labute approximate surface area is 141 Å². The summed E-state index contributed by atoms with van der Waals surface area (Å²) in [7, 11) is 0. The first-order chi connectivity index (χ1) is 10.7. The van der Waals surface area contributed by atoms with Crippen molar-refractivity contribution >= 4 is 11.8 Å². The molecule has 1 rings (SSSR count). The van der Waals surface area contributed by atoms with Gasteiger partial charge in [0.25, 0.3) is 0 Å². The highest BCUT2D eigenvalue weighted by Crippen LogP contribution is 2.33. The molecule has 23 heavy (non-hydrogen) atoms. The molecule has 2 amide bonds. The van der Waals surface area contributed by atoms with Crippen LogP contribution in [0.4, 0.5) is 0 Å². The van der Waals surface area contributed by atoms with Crippen LogP contribution in [0.15, 0.2) is 12.7 Å². The van der Waals surface area contributed by atoms with E-state index in [0.717, 1.165) is 12.8 Å². The zero-order valence-corrected chi connectivity index (χ0v) is 15.4. The van der Waals surface area contributed by atoms with E-state index >= 15 is 0 Å².